The number of ether oxygens (including phenoxy) is 2. The molecule has 1 aromatic heterocycles. The van der Waals surface area contributed by atoms with Gasteiger partial charge in [-0.1, -0.05) is 0 Å². The number of aliphatic imine (C=N–C) groups is 1. The minimum atomic E-state index is -0.828. The molecule has 3 aliphatic rings. The second kappa shape index (κ2) is 6.76. The number of pyridine rings is 1. The first kappa shape index (κ1) is 18.0. The molecule has 2 aliphatic carbocycles. The van der Waals surface area contributed by atoms with Crippen LogP contribution in [0.25, 0.3) is 16.5 Å². The number of hydrogen-bond acceptors (Lipinski definition) is 6. The molecule has 0 bridgehead atoms. The summed E-state index contributed by atoms with van der Waals surface area (Å²) in [5.41, 5.74) is 2.10. The highest BCUT2D eigenvalue weighted by Crippen LogP contribution is 2.47. The molecular weight excluding hydrogens is 375 g/mol. The van der Waals surface area contributed by atoms with E-state index in [1.54, 1.807) is 25.3 Å². The quantitative estimate of drug-likeness (QED) is 0.746. The zero-order valence-electron chi connectivity index (χ0n) is 15.9. The monoisotopic (exact) mass is 394 g/mol. The van der Waals surface area contributed by atoms with Crippen LogP contribution in [-0.4, -0.2) is 35.3 Å². The van der Waals surface area contributed by atoms with E-state index in [9.17, 15) is 9.59 Å². The molecule has 0 saturated heterocycles. The Labute approximate surface area is 166 Å². The molecule has 5 rings (SSSR count). The number of benzene rings is 1. The van der Waals surface area contributed by atoms with Gasteiger partial charge in [0.1, 0.15) is 11.6 Å². The van der Waals surface area contributed by atoms with Crippen LogP contribution in [0.5, 0.6) is 0 Å². The first-order chi connectivity index (χ1) is 14.1. The first-order valence-electron chi connectivity index (χ1n) is 9.85. The number of fused-ring (bicyclic) bond motifs is 3. The van der Waals surface area contributed by atoms with Gasteiger partial charge in [0.2, 0.25) is 5.71 Å². The standard InChI is InChI=1S/C22H19FN2O4/c1-2-28-21(26)20-22(27)29-15-8-7-12-10-14-13(4-3-9-24-14)18(23)16(12)17(15)19(25-20)11-5-6-11/h3-4,9-11,19H,2,5-8H2,1H3. The summed E-state index contributed by atoms with van der Waals surface area (Å²) in [5, 5.41) is 0.416. The second-order valence-electron chi connectivity index (χ2n) is 7.50. The Hall–Kier alpha value is -3.09. The Balaban J connectivity index is 1.71. The SMILES string of the molecule is CCOC(=O)C1=NC(C2CC2)C2=C(CCc3cc4ncccc4c(F)c32)OC1=O. The van der Waals surface area contributed by atoms with E-state index >= 15 is 4.39 Å². The highest BCUT2D eigenvalue weighted by atomic mass is 19.1. The predicted octanol–water partition coefficient (Wildman–Crippen LogP) is 3.37. The third-order valence-corrected chi connectivity index (χ3v) is 5.63. The molecule has 1 atom stereocenters. The van der Waals surface area contributed by atoms with E-state index in [0.717, 1.165) is 18.4 Å². The first-order valence-corrected chi connectivity index (χ1v) is 9.85. The number of carbonyl (C=O) groups excluding carboxylic acids is 2. The molecule has 2 heterocycles. The molecule has 1 fully saturated rings. The Bertz CT molecular complexity index is 1120. The van der Waals surface area contributed by atoms with Crippen molar-refractivity contribution < 1.29 is 23.5 Å². The lowest BCUT2D eigenvalue weighted by molar-refractivity contribution is -0.139. The lowest BCUT2D eigenvalue weighted by atomic mass is 9.83. The Morgan fingerprint density at radius 3 is 2.93 bits per heavy atom. The van der Waals surface area contributed by atoms with Crippen molar-refractivity contribution in [3.8, 4) is 0 Å². The number of halogens is 1. The molecule has 7 heteroatoms. The lowest BCUT2D eigenvalue weighted by Gasteiger charge is -2.26. The highest BCUT2D eigenvalue weighted by Gasteiger charge is 2.43. The van der Waals surface area contributed by atoms with Gasteiger partial charge in [-0.05, 0) is 55.9 Å². The largest absolute Gasteiger partial charge is 0.461 e. The molecule has 6 nitrogen and oxygen atoms in total. The fraction of sp³-hybridized carbons (Fsp3) is 0.364. The smallest absolute Gasteiger partial charge is 0.369 e. The van der Waals surface area contributed by atoms with Crippen molar-refractivity contribution in [2.75, 3.05) is 6.61 Å². The maximum atomic E-state index is 15.6. The summed E-state index contributed by atoms with van der Waals surface area (Å²) in [6.45, 7) is 1.79. The van der Waals surface area contributed by atoms with Gasteiger partial charge < -0.3 is 9.47 Å². The zero-order valence-corrected chi connectivity index (χ0v) is 15.9. The van der Waals surface area contributed by atoms with Gasteiger partial charge in [0.05, 0.1) is 18.2 Å². The Kier molecular flexibility index (Phi) is 4.19. The molecule has 0 spiro atoms. The van der Waals surface area contributed by atoms with Crippen LogP contribution >= 0.6 is 0 Å². The van der Waals surface area contributed by atoms with E-state index in [-0.39, 0.29) is 24.1 Å². The van der Waals surface area contributed by atoms with Gasteiger partial charge in [0, 0.05) is 29.1 Å². The summed E-state index contributed by atoms with van der Waals surface area (Å²) < 4.78 is 26.2. The predicted molar refractivity (Wildman–Crippen MR) is 104 cm³/mol. The molecule has 1 saturated carbocycles. The van der Waals surface area contributed by atoms with Crippen LogP contribution in [0.1, 0.15) is 37.3 Å². The molecule has 1 aromatic carbocycles. The summed E-state index contributed by atoms with van der Waals surface area (Å²) >= 11 is 0. The lowest BCUT2D eigenvalue weighted by Crippen LogP contribution is -2.28. The van der Waals surface area contributed by atoms with Gasteiger partial charge in [0.15, 0.2) is 0 Å². The van der Waals surface area contributed by atoms with E-state index in [1.165, 1.54) is 0 Å². The average molecular weight is 394 g/mol. The molecule has 0 amide bonds. The van der Waals surface area contributed by atoms with Crippen molar-refractivity contribution in [2.45, 2.75) is 38.6 Å². The molecule has 1 aliphatic heterocycles. The maximum absolute atomic E-state index is 15.6. The average Bonchev–Trinajstić information content (AvgIpc) is 3.55. The van der Waals surface area contributed by atoms with Gasteiger partial charge in [0.25, 0.3) is 0 Å². The number of nitrogens with zero attached hydrogens (tertiary/aromatic N) is 2. The fourth-order valence-corrected chi connectivity index (χ4v) is 4.17. The number of hydrogen-bond donors (Lipinski definition) is 0. The van der Waals surface area contributed by atoms with Crippen LogP contribution in [0.15, 0.2) is 35.1 Å². The van der Waals surface area contributed by atoms with Crippen molar-refractivity contribution >= 4 is 34.1 Å². The Morgan fingerprint density at radius 2 is 2.17 bits per heavy atom. The summed E-state index contributed by atoms with van der Waals surface area (Å²) in [5.74, 6) is -1.45. The topological polar surface area (TPSA) is 77.8 Å². The van der Waals surface area contributed by atoms with Crippen LogP contribution in [-0.2, 0) is 25.5 Å². The third-order valence-electron chi connectivity index (χ3n) is 5.63. The molecule has 29 heavy (non-hydrogen) atoms. The fourth-order valence-electron chi connectivity index (χ4n) is 4.17. The van der Waals surface area contributed by atoms with Crippen molar-refractivity contribution in [2.24, 2.45) is 10.9 Å². The number of esters is 2. The summed E-state index contributed by atoms with van der Waals surface area (Å²) in [7, 11) is 0. The summed E-state index contributed by atoms with van der Waals surface area (Å²) in [6, 6.07) is 4.77. The summed E-state index contributed by atoms with van der Waals surface area (Å²) in [4.78, 5) is 33.6. The minimum absolute atomic E-state index is 0.128. The normalized spacial score (nSPS) is 21.1. The molecular formula is C22H19FN2O4. The number of aromatic nitrogens is 1. The van der Waals surface area contributed by atoms with Crippen LogP contribution in [0.3, 0.4) is 0 Å². The van der Waals surface area contributed by atoms with Crippen molar-refractivity contribution in [3.63, 3.8) is 0 Å². The van der Waals surface area contributed by atoms with Gasteiger partial charge >= 0.3 is 11.9 Å². The van der Waals surface area contributed by atoms with Gasteiger partial charge in [-0.25, -0.2) is 14.0 Å². The van der Waals surface area contributed by atoms with Crippen LogP contribution in [0.2, 0.25) is 0 Å². The van der Waals surface area contributed by atoms with Crippen molar-refractivity contribution in [1.29, 1.82) is 0 Å². The van der Waals surface area contributed by atoms with Crippen LogP contribution < -0.4 is 0 Å². The van der Waals surface area contributed by atoms with Gasteiger partial charge in [-0.2, -0.15) is 0 Å². The number of allylic oxidation sites excluding steroid dienone is 1. The molecule has 148 valence electrons. The number of aryl methyl sites for hydroxylation is 1. The van der Waals surface area contributed by atoms with Crippen molar-refractivity contribution in [1.82, 2.24) is 4.98 Å². The second-order valence-corrected chi connectivity index (χ2v) is 7.50. The zero-order chi connectivity index (χ0) is 20.1. The molecule has 1 unspecified atom stereocenters. The molecule has 0 radical (unpaired) electrons. The van der Waals surface area contributed by atoms with E-state index in [1.807, 2.05) is 6.07 Å². The minimum Gasteiger partial charge on any atom is -0.461 e. The van der Waals surface area contributed by atoms with Crippen LogP contribution in [0.4, 0.5) is 4.39 Å². The van der Waals surface area contributed by atoms with Gasteiger partial charge in [-0.3, -0.25) is 9.98 Å². The maximum Gasteiger partial charge on any atom is 0.369 e. The summed E-state index contributed by atoms with van der Waals surface area (Å²) in [6.07, 6.45) is 4.42. The third kappa shape index (κ3) is 2.92. The van der Waals surface area contributed by atoms with Crippen molar-refractivity contribution in [3.05, 3.63) is 47.1 Å². The molecule has 2 aromatic rings. The van der Waals surface area contributed by atoms with E-state index in [2.05, 4.69) is 9.98 Å². The number of rotatable bonds is 3. The van der Waals surface area contributed by atoms with Crippen LogP contribution in [0, 0.1) is 11.7 Å². The Morgan fingerprint density at radius 1 is 1.34 bits per heavy atom. The van der Waals surface area contributed by atoms with E-state index in [0.29, 0.717) is 40.6 Å². The number of carbonyl (C=O) groups is 2. The van der Waals surface area contributed by atoms with E-state index in [4.69, 9.17) is 9.47 Å². The molecule has 0 N–H and O–H groups in total. The van der Waals surface area contributed by atoms with Gasteiger partial charge in [-0.15, -0.1) is 0 Å². The van der Waals surface area contributed by atoms with E-state index < -0.39 is 18.0 Å². The highest BCUT2D eigenvalue weighted by molar-refractivity contribution is 6.63.